The number of furan rings is 1. The van der Waals surface area contributed by atoms with Gasteiger partial charge in [-0.1, -0.05) is 19.1 Å². The maximum absolute atomic E-state index is 12.9. The number of halogens is 1. The maximum atomic E-state index is 12.9. The van der Waals surface area contributed by atoms with E-state index < -0.39 is 6.01 Å². The van der Waals surface area contributed by atoms with Gasteiger partial charge in [0, 0.05) is 17.0 Å². The van der Waals surface area contributed by atoms with Crippen molar-refractivity contribution >= 4 is 16.8 Å². The minimum Gasteiger partial charge on any atom is -0.431 e. The summed E-state index contributed by atoms with van der Waals surface area (Å²) < 4.78 is 17.7. The van der Waals surface area contributed by atoms with Crippen LogP contribution in [-0.4, -0.2) is 18.9 Å². The molecule has 1 aromatic heterocycles. The Hall–Kier alpha value is -1.68. The number of likely N-dealkylation sites (N-methyl/N-ethyl adjacent to an activating group) is 1. The van der Waals surface area contributed by atoms with E-state index in [-0.39, 0.29) is 11.8 Å². The molecule has 0 amide bonds. The Bertz CT molecular complexity index is 543. The van der Waals surface area contributed by atoms with E-state index in [1.807, 2.05) is 6.92 Å². The first-order valence-electron chi connectivity index (χ1n) is 5.56. The van der Waals surface area contributed by atoms with Crippen molar-refractivity contribution in [1.82, 2.24) is 5.32 Å². The van der Waals surface area contributed by atoms with Crippen molar-refractivity contribution in [2.45, 2.75) is 19.4 Å². The van der Waals surface area contributed by atoms with Crippen molar-refractivity contribution in [3.63, 3.8) is 0 Å². The zero-order valence-corrected chi connectivity index (χ0v) is 9.79. The Morgan fingerprint density at radius 3 is 2.88 bits per heavy atom. The zero-order valence-electron chi connectivity index (χ0n) is 9.79. The standard InChI is InChI=1S/C13H14FNO2/c1-3-10(15-2)13(16)9-5-4-8-7-12(14)17-11(8)6-9/h4-7,10,15H,3H2,1-2H3. The van der Waals surface area contributed by atoms with Crippen LogP contribution in [0.25, 0.3) is 11.0 Å². The lowest BCUT2D eigenvalue weighted by Gasteiger charge is -2.12. The Kier molecular flexibility index (Phi) is 3.24. The summed E-state index contributed by atoms with van der Waals surface area (Å²) >= 11 is 0. The lowest BCUT2D eigenvalue weighted by Crippen LogP contribution is -2.33. The molecule has 1 unspecified atom stereocenters. The summed E-state index contributed by atoms with van der Waals surface area (Å²) in [7, 11) is 1.75. The molecule has 1 heterocycles. The first kappa shape index (κ1) is 11.8. The summed E-state index contributed by atoms with van der Waals surface area (Å²) in [6.07, 6.45) is 0.708. The predicted molar refractivity (Wildman–Crippen MR) is 63.6 cm³/mol. The molecule has 1 N–H and O–H groups in total. The van der Waals surface area contributed by atoms with Gasteiger partial charge in [0.15, 0.2) is 5.78 Å². The molecule has 2 rings (SSSR count). The van der Waals surface area contributed by atoms with Crippen molar-refractivity contribution in [2.75, 3.05) is 7.05 Å². The van der Waals surface area contributed by atoms with Gasteiger partial charge in [-0.05, 0) is 19.5 Å². The van der Waals surface area contributed by atoms with Crippen LogP contribution in [0.1, 0.15) is 23.7 Å². The molecule has 4 heteroatoms. The summed E-state index contributed by atoms with van der Waals surface area (Å²) in [5, 5.41) is 3.61. The number of rotatable bonds is 4. The molecule has 3 nitrogen and oxygen atoms in total. The van der Waals surface area contributed by atoms with E-state index in [1.165, 1.54) is 6.07 Å². The van der Waals surface area contributed by atoms with Crippen molar-refractivity contribution in [2.24, 2.45) is 0 Å². The summed E-state index contributed by atoms with van der Waals surface area (Å²) in [6, 6.07) is 5.43. The van der Waals surface area contributed by atoms with E-state index in [0.29, 0.717) is 23.0 Å². The SMILES string of the molecule is CCC(NC)C(=O)c1ccc2cc(F)oc2c1. The van der Waals surface area contributed by atoms with Crippen LogP contribution in [0.4, 0.5) is 4.39 Å². The second kappa shape index (κ2) is 4.67. The van der Waals surface area contributed by atoms with Gasteiger partial charge in [-0.2, -0.15) is 4.39 Å². The van der Waals surface area contributed by atoms with Crippen molar-refractivity contribution in [3.05, 3.63) is 35.8 Å². The fourth-order valence-corrected chi connectivity index (χ4v) is 1.87. The molecular weight excluding hydrogens is 221 g/mol. The van der Waals surface area contributed by atoms with E-state index in [2.05, 4.69) is 5.32 Å². The quantitative estimate of drug-likeness (QED) is 0.828. The summed E-state index contributed by atoms with van der Waals surface area (Å²) in [5.41, 5.74) is 0.937. The molecule has 0 aliphatic heterocycles. The molecule has 2 aromatic rings. The molecule has 0 bridgehead atoms. The molecule has 17 heavy (non-hydrogen) atoms. The number of carbonyl (C=O) groups is 1. The molecule has 1 atom stereocenters. The fraction of sp³-hybridized carbons (Fsp3) is 0.308. The predicted octanol–water partition coefficient (Wildman–Crippen LogP) is 2.75. The lowest BCUT2D eigenvalue weighted by molar-refractivity contribution is 0.0945. The number of benzene rings is 1. The highest BCUT2D eigenvalue weighted by molar-refractivity contribution is 6.02. The smallest absolute Gasteiger partial charge is 0.278 e. The normalized spacial score (nSPS) is 12.9. The van der Waals surface area contributed by atoms with Gasteiger partial charge >= 0.3 is 0 Å². The number of nitrogens with one attached hydrogen (secondary N) is 1. The second-order valence-corrected chi connectivity index (χ2v) is 3.92. The van der Waals surface area contributed by atoms with Gasteiger partial charge in [0.1, 0.15) is 5.58 Å². The molecule has 0 fully saturated rings. The average Bonchev–Trinajstić information content (AvgIpc) is 2.69. The first-order chi connectivity index (χ1) is 8.15. The molecule has 0 radical (unpaired) electrons. The monoisotopic (exact) mass is 235 g/mol. The fourth-order valence-electron chi connectivity index (χ4n) is 1.87. The third kappa shape index (κ3) is 2.22. The zero-order chi connectivity index (χ0) is 12.4. The van der Waals surface area contributed by atoms with Gasteiger partial charge < -0.3 is 9.73 Å². The van der Waals surface area contributed by atoms with E-state index >= 15 is 0 Å². The van der Waals surface area contributed by atoms with Gasteiger partial charge in [-0.3, -0.25) is 4.79 Å². The first-order valence-corrected chi connectivity index (χ1v) is 5.56. The maximum Gasteiger partial charge on any atom is 0.278 e. The summed E-state index contributed by atoms with van der Waals surface area (Å²) in [5.74, 6) is -0.00583. The Morgan fingerprint density at radius 1 is 1.47 bits per heavy atom. The van der Waals surface area contributed by atoms with E-state index in [4.69, 9.17) is 4.42 Å². The number of fused-ring (bicyclic) bond motifs is 1. The number of hydrogen-bond acceptors (Lipinski definition) is 3. The van der Waals surface area contributed by atoms with Gasteiger partial charge in [0.2, 0.25) is 0 Å². The lowest BCUT2D eigenvalue weighted by atomic mass is 10.0. The molecule has 90 valence electrons. The minimum absolute atomic E-state index is 0.00583. The van der Waals surface area contributed by atoms with Crippen molar-refractivity contribution in [1.29, 1.82) is 0 Å². The van der Waals surface area contributed by atoms with Crippen LogP contribution in [-0.2, 0) is 0 Å². The van der Waals surface area contributed by atoms with Crippen LogP contribution >= 0.6 is 0 Å². The Morgan fingerprint density at radius 2 is 2.24 bits per heavy atom. The van der Waals surface area contributed by atoms with Crippen LogP contribution in [0.2, 0.25) is 0 Å². The van der Waals surface area contributed by atoms with Crippen molar-refractivity contribution < 1.29 is 13.6 Å². The number of carbonyl (C=O) groups excluding carboxylic acids is 1. The molecular formula is C13H14FNO2. The molecule has 0 saturated carbocycles. The third-order valence-corrected chi connectivity index (χ3v) is 2.85. The van der Waals surface area contributed by atoms with E-state index in [0.717, 1.165) is 0 Å². The van der Waals surface area contributed by atoms with Gasteiger partial charge in [-0.25, -0.2) is 0 Å². The topological polar surface area (TPSA) is 42.2 Å². The molecule has 0 aliphatic rings. The summed E-state index contributed by atoms with van der Waals surface area (Å²) in [6.45, 7) is 1.93. The van der Waals surface area contributed by atoms with Crippen LogP contribution in [0.3, 0.4) is 0 Å². The number of ketones is 1. The number of Topliss-reactive ketones (excluding diaryl/α,β-unsaturated/α-hetero) is 1. The molecule has 0 aliphatic carbocycles. The summed E-state index contributed by atoms with van der Waals surface area (Å²) in [4.78, 5) is 12.1. The largest absolute Gasteiger partial charge is 0.431 e. The van der Waals surface area contributed by atoms with E-state index in [1.54, 1.807) is 25.2 Å². The Labute approximate surface area is 98.6 Å². The van der Waals surface area contributed by atoms with Crippen LogP contribution in [0.5, 0.6) is 0 Å². The Balaban J connectivity index is 2.38. The van der Waals surface area contributed by atoms with Crippen LogP contribution < -0.4 is 5.32 Å². The van der Waals surface area contributed by atoms with Gasteiger partial charge in [0.05, 0.1) is 6.04 Å². The van der Waals surface area contributed by atoms with Crippen LogP contribution in [0, 0.1) is 6.01 Å². The highest BCUT2D eigenvalue weighted by Crippen LogP contribution is 2.20. The highest BCUT2D eigenvalue weighted by Gasteiger charge is 2.17. The molecule has 0 saturated heterocycles. The average molecular weight is 235 g/mol. The van der Waals surface area contributed by atoms with Gasteiger partial charge in [0.25, 0.3) is 6.01 Å². The third-order valence-electron chi connectivity index (χ3n) is 2.85. The van der Waals surface area contributed by atoms with Gasteiger partial charge in [-0.15, -0.1) is 0 Å². The van der Waals surface area contributed by atoms with Crippen LogP contribution in [0.15, 0.2) is 28.7 Å². The highest BCUT2D eigenvalue weighted by atomic mass is 19.1. The van der Waals surface area contributed by atoms with E-state index in [9.17, 15) is 9.18 Å². The number of hydrogen-bond donors (Lipinski definition) is 1. The molecule has 0 spiro atoms. The minimum atomic E-state index is -0.634. The molecule has 1 aromatic carbocycles. The second-order valence-electron chi connectivity index (χ2n) is 3.92. The van der Waals surface area contributed by atoms with Crippen molar-refractivity contribution in [3.8, 4) is 0 Å².